The number of aliphatic imine (C=N–C) groups is 2. The van der Waals surface area contributed by atoms with Crippen LogP contribution in [-0.4, -0.2) is 168 Å². The summed E-state index contributed by atoms with van der Waals surface area (Å²) in [5.74, 6) is 7.07. The van der Waals surface area contributed by atoms with Gasteiger partial charge in [-0.2, -0.15) is 20.2 Å². The highest BCUT2D eigenvalue weighted by Crippen LogP contribution is 2.39. The summed E-state index contributed by atoms with van der Waals surface area (Å²) in [5.41, 5.74) is 11.1. The van der Waals surface area contributed by atoms with Gasteiger partial charge in [-0.25, -0.2) is 23.7 Å². The molecule has 97 heavy (non-hydrogen) atoms. The number of nitriles is 1. The normalized spacial score (nSPS) is 23.0. The van der Waals surface area contributed by atoms with Gasteiger partial charge in [0.1, 0.15) is 43.8 Å². The summed E-state index contributed by atoms with van der Waals surface area (Å²) in [6, 6.07) is 21.1. The van der Waals surface area contributed by atoms with Gasteiger partial charge >= 0.3 is 0 Å². The van der Waals surface area contributed by atoms with E-state index in [-0.39, 0.29) is 17.7 Å². The first-order chi connectivity index (χ1) is 47.5. The number of nitrogens with one attached hydrogen (secondary N) is 3. The Labute approximate surface area is 572 Å². The van der Waals surface area contributed by atoms with Crippen LogP contribution in [0.1, 0.15) is 133 Å². The third-order valence-corrected chi connectivity index (χ3v) is 25.2. The number of hydrogen-bond acceptors (Lipinski definition) is 21. The van der Waals surface area contributed by atoms with E-state index in [2.05, 4.69) is 42.8 Å². The van der Waals surface area contributed by atoms with Gasteiger partial charge in [-0.05, 0) is 142 Å². The lowest BCUT2D eigenvalue weighted by atomic mass is 9.88. The minimum atomic E-state index is -1.04. The molecule has 0 aliphatic carbocycles. The van der Waals surface area contributed by atoms with Crippen LogP contribution >= 0.6 is 0 Å². The third kappa shape index (κ3) is 14.6. The fourth-order valence-corrected chi connectivity index (χ4v) is 19.4. The second kappa shape index (κ2) is 29.7. The van der Waals surface area contributed by atoms with Crippen molar-refractivity contribution in [2.24, 2.45) is 21.8 Å². The van der Waals surface area contributed by atoms with Crippen molar-refractivity contribution < 1.29 is 35.6 Å². The van der Waals surface area contributed by atoms with Gasteiger partial charge < -0.3 is 44.9 Å². The summed E-state index contributed by atoms with van der Waals surface area (Å²) in [6.07, 6.45) is 13.6. The Morgan fingerprint density at radius 1 is 0.454 bits per heavy atom. The van der Waals surface area contributed by atoms with E-state index in [1.807, 2.05) is 30.3 Å². The highest BCUT2D eigenvalue weighted by atomic mass is 32.2. The van der Waals surface area contributed by atoms with E-state index < -0.39 is 32.4 Å². The summed E-state index contributed by atoms with van der Waals surface area (Å²) in [7, 11) is -3.10. The highest BCUT2D eigenvalue weighted by Gasteiger charge is 2.36. The van der Waals surface area contributed by atoms with Crippen LogP contribution < -0.4 is 30.7 Å². The Morgan fingerprint density at radius 3 is 1.30 bits per heavy atom. The lowest BCUT2D eigenvalue weighted by Gasteiger charge is -2.33. The van der Waals surface area contributed by atoms with Gasteiger partial charge in [-0.3, -0.25) is 22.6 Å². The molecule has 0 spiro atoms. The number of nitrogens with zero attached hydrogens (tertiary/aromatic N) is 12. The molecule has 11 aliphatic rings. The van der Waals surface area contributed by atoms with Gasteiger partial charge in [0.2, 0.25) is 17.8 Å². The van der Waals surface area contributed by atoms with Crippen LogP contribution in [0.4, 0.5) is 44.1 Å². The number of benzene rings is 3. The SMILES string of the molecule is N#Cc1cccc(C2CCN(c3nc4c(c(NC5CCOCC5)n3)S(=O)CC4)CC2)c1.O=S1CCc2nc(N3CCC(C4=NCc5cc(F)ccc54)CC3)nc(NC3CCOCC3)c21.O=S1CCc2nc(N3CCC(C4=NCc5ccc(F)cc54)CC3)nc(NC3CCOCC3)c21. The maximum absolute atomic E-state index is 13.8. The predicted octanol–water partition coefficient (Wildman–Crippen LogP) is 9.17. The number of fused-ring (bicyclic) bond motifs is 5. The van der Waals surface area contributed by atoms with Crippen molar-refractivity contribution in [3.05, 3.63) is 123 Å². The van der Waals surface area contributed by atoms with Crippen molar-refractivity contribution in [2.75, 3.05) is 127 Å². The van der Waals surface area contributed by atoms with Crippen LogP contribution in [0.25, 0.3) is 0 Å². The Morgan fingerprint density at radius 2 is 0.856 bits per heavy atom. The molecular weight excluding hydrogens is 1290 g/mol. The first kappa shape index (κ1) is 65.6. The fourth-order valence-electron chi connectivity index (χ4n) is 15.4. The van der Waals surface area contributed by atoms with Crippen molar-refractivity contribution in [1.29, 1.82) is 5.26 Å². The lowest BCUT2D eigenvalue weighted by molar-refractivity contribution is 0.0902. The molecule has 0 radical (unpaired) electrons. The van der Waals surface area contributed by atoms with Gasteiger partial charge in [0.15, 0.2) is 0 Å². The minimum Gasteiger partial charge on any atom is -0.381 e. The molecule has 6 saturated heterocycles. The lowest BCUT2D eigenvalue weighted by Crippen LogP contribution is -2.38. The molecule has 3 atom stereocenters. The van der Waals surface area contributed by atoms with E-state index in [9.17, 15) is 26.7 Å². The Balaban J connectivity index is 0.000000119. The highest BCUT2D eigenvalue weighted by molar-refractivity contribution is 7.86. The molecule has 0 saturated carbocycles. The van der Waals surface area contributed by atoms with Crippen molar-refractivity contribution in [2.45, 2.75) is 148 Å². The van der Waals surface area contributed by atoms with E-state index in [0.717, 1.165) is 282 Å². The van der Waals surface area contributed by atoms with Crippen LogP contribution in [0.2, 0.25) is 0 Å². The largest absolute Gasteiger partial charge is 0.381 e. The molecule has 0 amide bonds. The Bertz CT molecular complexity index is 4100. The molecule has 510 valence electrons. The van der Waals surface area contributed by atoms with Crippen molar-refractivity contribution in [3.8, 4) is 6.07 Å². The van der Waals surface area contributed by atoms with Gasteiger partial charge in [-0.1, -0.05) is 18.2 Å². The van der Waals surface area contributed by atoms with Gasteiger partial charge in [-0.15, -0.1) is 0 Å². The number of rotatable bonds is 12. The van der Waals surface area contributed by atoms with Gasteiger partial charge in [0.25, 0.3) is 0 Å². The summed E-state index contributed by atoms with van der Waals surface area (Å²) in [4.78, 5) is 47.7. The Hall–Kier alpha value is -7.28. The maximum atomic E-state index is 13.8. The van der Waals surface area contributed by atoms with Gasteiger partial charge in [0.05, 0.1) is 74.2 Å². The zero-order valence-corrected chi connectivity index (χ0v) is 57.1. The average molecular weight is 1380 g/mol. The first-order valence-electron chi connectivity index (χ1n) is 34.8. The van der Waals surface area contributed by atoms with Crippen molar-refractivity contribution in [3.63, 3.8) is 0 Å². The molecule has 3 aromatic heterocycles. The van der Waals surface area contributed by atoms with Crippen molar-refractivity contribution >= 4 is 79.1 Å². The van der Waals surface area contributed by atoms with Crippen LogP contribution in [0.15, 0.2) is 85.3 Å². The average Bonchev–Trinajstić information content (AvgIpc) is 1.82. The quantitative estimate of drug-likeness (QED) is 0.103. The number of halogens is 2. The van der Waals surface area contributed by atoms with E-state index in [1.54, 1.807) is 12.1 Å². The molecule has 3 N–H and O–H groups in total. The second-order valence-corrected chi connectivity index (χ2v) is 31.5. The Kier molecular flexibility index (Phi) is 20.1. The number of ether oxygens (including phenoxy) is 3. The summed E-state index contributed by atoms with van der Waals surface area (Å²) in [5, 5.41) is 19.9. The smallest absolute Gasteiger partial charge is 0.227 e. The van der Waals surface area contributed by atoms with E-state index in [0.29, 0.717) is 60.2 Å². The number of hydrogen-bond donors (Lipinski definition) is 3. The zero-order valence-electron chi connectivity index (χ0n) is 54.7. The number of aromatic nitrogens is 6. The van der Waals surface area contributed by atoms with Gasteiger partial charge in [0, 0.05) is 168 Å². The molecule has 17 rings (SSSR count). The summed E-state index contributed by atoms with van der Waals surface area (Å²) >= 11 is 0. The first-order valence-corrected chi connectivity index (χ1v) is 38.8. The molecule has 14 heterocycles. The van der Waals surface area contributed by atoms with E-state index in [1.165, 1.54) is 17.7 Å². The second-order valence-electron chi connectivity index (χ2n) is 27.0. The van der Waals surface area contributed by atoms with E-state index in [4.69, 9.17) is 54.1 Å². The minimum absolute atomic E-state index is 0.195. The number of piperidine rings is 3. The summed E-state index contributed by atoms with van der Waals surface area (Å²) < 4.78 is 81.7. The number of anilines is 6. The van der Waals surface area contributed by atoms with Crippen LogP contribution in [0.5, 0.6) is 0 Å². The topological polar surface area (TPSA) is 251 Å². The molecule has 0 bridgehead atoms. The van der Waals surface area contributed by atoms with Crippen molar-refractivity contribution in [1.82, 2.24) is 29.9 Å². The molecular formula is C71H83F2N15O6S3. The fraction of sp³-hybridized carbons (Fsp3) is 0.535. The monoisotopic (exact) mass is 1380 g/mol. The standard InChI is InChI=1S/2C24H28FN5O2S.C23H27N5O2S/c25-17-1-2-19-16(13-17)14-26-21(19)15-3-8-30(9-4-15)24-28-20-7-12-33(31)22(20)23(29-24)27-18-5-10-32-11-6-18;25-17-2-1-16-14-26-21(19(16)13-17)15-3-8-30(9-4-15)24-28-20-7-12-33(31)22(20)23(29-24)27-18-5-10-32-11-6-18;24-15-16-2-1-3-18(14-16)17-4-9-28(10-5-17)23-26-20-8-13-31(29)21(20)22(27-23)25-19-6-11-30-12-7-19/h2*1-2,13,15,18H,3-12,14H2,(H,27,28,29);1-3,14,17,19H,4-13H2,(H,25,26,27). The van der Waals surface area contributed by atoms with Crippen LogP contribution in [0, 0.1) is 34.8 Å². The van der Waals surface area contributed by atoms with Crippen LogP contribution in [0.3, 0.4) is 0 Å². The zero-order chi connectivity index (χ0) is 65.9. The molecule has 6 aromatic rings. The molecule has 11 aliphatic heterocycles. The third-order valence-electron chi connectivity index (χ3n) is 20.8. The number of aryl methyl sites for hydroxylation is 3. The molecule has 3 unspecified atom stereocenters. The van der Waals surface area contributed by atoms with E-state index >= 15 is 0 Å². The summed E-state index contributed by atoms with van der Waals surface area (Å²) in [6.45, 7) is 10.8. The molecule has 6 fully saturated rings. The van der Waals surface area contributed by atoms with Crippen LogP contribution in [-0.2, 0) is 79.0 Å². The molecule has 21 nitrogen and oxygen atoms in total. The molecule has 3 aromatic carbocycles. The maximum Gasteiger partial charge on any atom is 0.227 e. The predicted molar refractivity (Wildman–Crippen MR) is 372 cm³/mol. The molecule has 26 heteroatoms.